The topological polar surface area (TPSA) is 54.4 Å². The smallest absolute Gasteiger partial charge is 0.139 e. The van der Waals surface area contributed by atoms with E-state index in [1.807, 2.05) is 0 Å². The normalized spacial score (nSPS) is 29.6. The number of rotatable bonds is 8. The Morgan fingerprint density at radius 2 is 1.87 bits per heavy atom. The van der Waals surface area contributed by atoms with Crippen molar-refractivity contribution in [3.05, 3.63) is 12.7 Å². The van der Waals surface area contributed by atoms with Crippen molar-refractivity contribution in [3.63, 3.8) is 0 Å². The summed E-state index contributed by atoms with van der Waals surface area (Å²) in [4.78, 5) is 24.4. The van der Waals surface area contributed by atoms with E-state index in [2.05, 4.69) is 27.4 Å². The molecule has 0 aromatic carbocycles. The second-order valence-corrected chi connectivity index (χ2v) is 8.54. The molecule has 0 amide bonds. The Morgan fingerprint density at radius 3 is 2.39 bits per heavy atom. The Kier molecular flexibility index (Phi) is 6.37. The highest BCUT2D eigenvalue weighted by Gasteiger charge is 2.49. The maximum Gasteiger partial charge on any atom is 0.139 e. The molecule has 0 saturated heterocycles. The van der Waals surface area contributed by atoms with Crippen LogP contribution in [0.4, 0.5) is 0 Å². The number of hydrogen-bond donors (Lipinski definition) is 1. The Hall–Kier alpha value is -0.960. The molecule has 3 heteroatoms. The molecule has 1 saturated carbocycles. The summed E-state index contributed by atoms with van der Waals surface area (Å²) in [6.45, 7) is 13.5. The van der Waals surface area contributed by atoms with Crippen molar-refractivity contribution in [2.24, 2.45) is 16.7 Å². The molecule has 3 nitrogen and oxygen atoms in total. The number of aliphatic hydroxyl groups is 1. The van der Waals surface area contributed by atoms with Crippen LogP contribution >= 0.6 is 0 Å². The lowest BCUT2D eigenvalue weighted by molar-refractivity contribution is -0.140. The van der Waals surface area contributed by atoms with Crippen LogP contribution in [0.1, 0.15) is 79.6 Å². The Balaban J connectivity index is 2.94. The molecular weight excluding hydrogens is 288 g/mol. The molecule has 1 aliphatic carbocycles. The predicted octanol–water partition coefficient (Wildman–Crippen LogP) is 4.47. The molecule has 132 valence electrons. The first-order chi connectivity index (χ1) is 10.4. The van der Waals surface area contributed by atoms with Gasteiger partial charge in [-0.3, -0.25) is 4.79 Å². The summed E-state index contributed by atoms with van der Waals surface area (Å²) < 4.78 is 0. The molecule has 0 bridgehead atoms. The van der Waals surface area contributed by atoms with Crippen LogP contribution in [0, 0.1) is 16.7 Å². The van der Waals surface area contributed by atoms with E-state index >= 15 is 0 Å². The lowest BCUT2D eigenvalue weighted by Gasteiger charge is -2.50. The van der Waals surface area contributed by atoms with Crippen LogP contribution in [-0.4, -0.2) is 22.3 Å². The highest BCUT2D eigenvalue weighted by molar-refractivity contribution is 5.85. The van der Waals surface area contributed by atoms with E-state index in [0.717, 1.165) is 25.7 Å². The summed E-state index contributed by atoms with van der Waals surface area (Å²) >= 11 is 0. The molecule has 1 fully saturated rings. The van der Waals surface area contributed by atoms with E-state index < -0.39 is 11.0 Å². The molecular formula is C20H34O3. The van der Waals surface area contributed by atoms with Crippen molar-refractivity contribution >= 4 is 11.6 Å². The molecule has 0 aliphatic heterocycles. The van der Waals surface area contributed by atoms with Crippen LogP contribution in [-0.2, 0) is 9.59 Å². The summed E-state index contributed by atoms with van der Waals surface area (Å²) in [5.74, 6) is 0.630. The van der Waals surface area contributed by atoms with Gasteiger partial charge in [-0.15, -0.1) is 6.58 Å². The van der Waals surface area contributed by atoms with Gasteiger partial charge in [0, 0.05) is 18.3 Å². The van der Waals surface area contributed by atoms with Gasteiger partial charge in [-0.05, 0) is 50.9 Å². The standard InChI is InChI=1S/C20H34O3/c1-7-19(5,23)14-11-17(22)20(6)13-8-12-18(3,4)16(20)10-9-15(2)21/h7,16,23H,1,8-14H2,2-6H3/t16-,19+,20-/m0/s1. The van der Waals surface area contributed by atoms with E-state index in [-0.39, 0.29) is 22.9 Å². The van der Waals surface area contributed by atoms with E-state index in [1.165, 1.54) is 6.08 Å². The van der Waals surface area contributed by atoms with Crippen molar-refractivity contribution in [3.8, 4) is 0 Å². The molecule has 0 unspecified atom stereocenters. The Bertz CT molecular complexity index is 462. The Morgan fingerprint density at radius 1 is 1.26 bits per heavy atom. The fraction of sp³-hybridized carbons (Fsp3) is 0.800. The van der Waals surface area contributed by atoms with E-state index in [9.17, 15) is 14.7 Å². The number of ketones is 2. The fourth-order valence-electron chi connectivity index (χ4n) is 4.27. The van der Waals surface area contributed by atoms with Gasteiger partial charge < -0.3 is 9.90 Å². The van der Waals surface area contributed by atoms with Crippen LogP contribution in [0.15, 0.2) is 12.7 Å². The monoisotopic (exact) mass is 322 g/mol. The summed E-state index contributed by atoms with van der Waals surface area (Å²) in [7, 11) is 0. The van der Waals surface area contributed by atoms with Crippen LogP contribution in [0.2, 0.25) is 0 Å². The zero-order valence-corrected chi connectivity index (χ0v) is 15.6. The average Bonchev–Trinajstić information content (AvgIpc) is 2.43. The van der Waals surface area contributed by atoms with Crippen molar-refractivity contribution < 1.29 is 14.7 Å². The van der Waals surface area contributed by atoms with Crippen molar-refractivity contribution in [2.45, 2.75) is 85.2 Å². The number of carbonyl (C=O) groups excluding carboxylic acids is 2. The number of hydrogen-bond acceptors (Lipinski definition) is 3. The minimum Gasteiger partial charge on any atom is -0.386 e. The van der Waals surface area contributed by atoms with Gasteiger partial charge in [0.1, 0.15) is 11.6 Å². The summed E-state index contributed by atoms with van der Waals surface area (Å²) in [6, 6.07) is 0. The number of Topliss-reactive ketones (excluding diaryl/α,β-unsaturated/α-hetero) is 2. The molecule has 0 heterocycles. The van der Waals surface area contributed by atoms with Crippen LogP contribution in [0.3, 0.4) is 0 Å². The van der Waals surface area contributed by atoms with Gasteiger partial charge >= 0.3 is 0 Å². The summed E-state index contributed by atoms with van der Waals surface area (Å²) in [5.41, 5.74) is -1.32. The maximum absolute atomic E-state index is 13.0. The largest absolute Gasteiger partial charge is 0.386 e. The van der Waals surface area contributed by atoms with Gasteiger partial charge in [-0.25, -0.2) is 0 Å². The van der Waals surface area contributed by atoms with Crippen molar-refractivity contribution in [2.75, 3.05) is 0 Å². The molecule has 3 atom stereocenters. The van der Waals surface area contributed by atoms with Crippen LogP contribution in [0.25, 0.3) is 0 Å². The number of carbonyl (C=O) groups is 2. The van der Waals surface area contributed by atoms with Crippen molar-refractivity contribution in [1.29, 1.82) is 0 Å². The summed E-state index contributed by atoms with van der Waals surface area (Å²) in [6.07, 6.45) is 6.62. The van der Waals surface area contributed by atoms with Gasteiger partial charge in [-0.2, -0.15) is 0 Å². The molecule has 0 spiro atoms. The second kappa shape index (κ2) is 7.29. The Labute approximate surface area is 141 Å². The first kappa shape index (κ1) is 20.1. The first-order valence-electron chi connectivity index (χ1n) is 8.83. The molecule has 1 rings (SSSR count). The van der Waals surface area contributed by atoms with Crippen LogP contribution in [0.5, 0.6) is 0 Å². The molecule has 0 aromatic rings. The maximum atomic E-state index is 13.0. The van der Waals surface area contributed by atoms with Gasteiger partial charge in [-0.1, -0.05) is 33.3 Å². The quantitative estimate of drug-likeness (QED) is 0.671. The first-order valence-corrected chi connectivity index (χ1v) is 8.83. The fourth-order valence-corrected chi connectivity index (χ4v) is 4.27. The third-order valence-corrected chi connectivity index (χ3v) is 5.95. The lowest BCUT2D eigenvalue weighted by atomic mass is 9.53. The molecule has 23 heavy (non-hydrogen) atoms. The summed E-state index contributed by atoms with van der Waals surface area (Å²) in [5, 5.41) is 10.1. The SMILES string of the molecule is C=C[C@@](C)(O)CCC(=O)[C@@]1(C)CCCC(C)(C)[C@@H]1CCC(C)=O. The van der Waals surface area contributed by atoms with Crippen molar-refractivity contribution in [1.82, 2.24) is 0 Å². The minimum absolute atomic E-state index is 0.0685. The average molecular weight is 322 g/mol. The zero-order valence-electron chi connectivity index (χ0n) is 15.6. The van der Waals surface area contributed by atoms with Crippen LogP contribution < -0.4 is 0 Å². The highest BCUT2D eigenvalue weighted by atomic mass is 16.3. The van der Waals surface area contributed by atoms with E-state index in [0.29, 0.717) is 19.3 Å². The lowest BCUT2D eigenvalue weighted by Crippen LogP contribution is -2.47. The molecule has 0 radical (unpaired) electrons. The minimum atomic E-state index is -0.995. The van der Waals surface area contributed by atoms with Gasteiger partial charge in [0.15, 0.2) is 0 Å². The van der Waals surface area contributed by atoms with E-state index in [1.54, 1.807) is 13.8 Å². The highest BCUT2D eigenvalue weighted by Crippen LogP contribution is 2.54. The van der Waals surface area contributed by atoms with Gasteiger partial charge in [0.2, 0.25) is 0 Å². The predicted molar refractivity (Wildman–Crippen MR) is 94.2 cm³/mol. The van der Waals surface area contributed by atoms with Gasteiger partial charge in [0.25, 0.3) is 0 Å². The second-order valence-electron chi connectivity index (χ2n) is 8.54. The molecule has 1 aliphatic rings. The third-order valence-electron chi connectivity index (χ3n) is 5.95. The molecule has 0 aromatic heterocycles. The van der Waals surface area contributed by atoms with E-state index in [4.69, 9.17) is 0 Å². The van der Waals surface area contributed by atoms with Gasteiger partial charge in [0.05, 0.1) is 5.60 Å². The zero-order chi connectivity index (χ0) is 17.9. The molecule has 1 N–H and O–H groups in total. The third kappa shape index (κ3) is 5.00.